The fourth-order valence-electron chi connectivity index (χ4n) is 3.10. The molecular weight excluding hydrogens is 366 g/mol. The van der Waals surface area contributed by atoms with Crippen molar-refractivity contribution in [1.82, 2.24) is 10.2 Å². The first-order valence-electron chi connectivity index (χ1n) is 8.84. The van der Waals surface area contributed by atoms with E-state index in [9.17, 15) is 4.79 Å². The number of piperazine rings is 1. The molecule has 1 N–H and O–H groups in total. The fourth-order valence-corrected chi connectivity index (χ4v) is 3.28. The maximum Gasteiger partial charge on any atom is 0.317 e. The van der Waals surface area contributed by atoms with Gasteiger partial charge in [0.1, 0.15) is 11.5 Å². The summed E-state index contributed by atoms with van der Waals surface area (Å²) in [4.78, 5) is 16.6. The lowest BCUT2D eigenvalue weighted by atomic mass is 10.2. The summed E-state index contributed by atoms with van der Waals surface area (Å²) in [6.07, 6.45) is 0. The summed E-state index contributed by atoms with van der Waals surface area (Å²) in [7, 11) is 3.22. The van der Waals surface area contributed by atoms with E-state index in [-0.39, 0.29) is 6.03 Å². The van der Waals surface area contributed by atoms with Crippen LogP contribution in [0.3, 0.4) is 0 Å². The summed E-state index contributed by atoms with van der Waals surface area (Å²) < 4.78 is 10.5. The molecule has 2 amide bonds. The number of hydrogen-bond donors (Lipinski definition) is 1. The molecule has 3 rings (SSSR count). The highest BCUT2D eigenvalue weighted by molar-refractivity contribution is 6.30. The summed E-state index contributed by atoms with van der Waals surface area (Å²) >= 11 is 6.07. The van der Waals surface area contributed by atoms with Gasteiger partial charge in [-0.25, -0.2) is 4.79 Å². The number of nitrogens with zero attached hydrogens (tertiary/aromatic N) is 2. The average molecular weight is 390 g/mol. The van der Waals surface area contributed by atoms with Crippen LogP contribution in [0.4, 0.5) is 10.5 Å². The Morgan fingerprint density at radius 3 is 2.30 bits per heavy atom. The lowest BCUT2D eigenvalue weighted by Gasteiger charge is -2.36. The van der Waals surface area contributed by atoms with E-state index in [2.05, 4.69) is 10.2 Å². The van der Waals surface area contributed by atoms with Crippen molar-refractivity contribution < 1.29 is 14.3 Å². The molecule has 0 aromatic heterocycles. The normalized spacial score (nSPS) is 14.0. The molecule has 1 aliphatic rings. The predicted octanol–water partition coefficient (Wildman–Crippen LogP) is 3.39. The first-order chi connectivity index (χ1) is 13.1. The van der Waals surface area contributed by atoms with Gasteiger partial charge in [-0.2, -0.15) is 0 Å². The molecule has 27 heavy (non-hydrogen) atoms. The molecular formula is C20H24ClN3O3. The molecule has 0 radical (unpaired) electrons. The van der Waals surface area contributed by atoms with Crippen LogP contribution in [0, 0.1) is 0 Å². The van der Waals surface area contributed by atoms with Gasteiger partial charge in [-0.05, 0) is 35.9 Å². The summed E-state index contributed by atoms with van der Waals surface area (Å²) in [5.41, 5.74) is 2.02. The summed E-state index contributed by atoms with van der Waals surface area (Å²) in [6.45, 7) is 3.31. The minimum atomic E-state index is -0.0671. The van der Waals surface area contributed by atoms with Crippen LogP contribution in [0.25, 0.3) is 0 Å². The minimum absolute atomic E-state index is 0.0671. The van der Waals surface area contributed by atoms with E-state index in [0.29, 0.717) is 31.1 Å². The number of anilines is 1. The molecule has 1 saturated heterocycles. The number of rotatable bonds is 5. The molecule has 1 aliphatic heterocycles. The first-order valence-corrected chi connectivity index (χ1v) is 9.22. The standard InChI is InChI=1S/C20H24ClN3O3/c1-26-18-10-15(11-19(13-18)27-2)14-22-20(25)24-8-6-23(7-9-24)17-5-3-4-16(21)12-17/h3-5,10-13H,6-9,14H2,1-2H3,(H,22,25). The number of hydrogen-bond acceptors (Lipinski definition) is 4. The van der Waals surface area contributed by atoms with E-state index in [1.165, 1.54) is 0 Å². The van der Waals surface area contributed by atoms with E-state index >= 15 is 0 Å². The molecule has 0 spiro atoms. The zero-order valence-corrected chi connectivity index (χ0v) is 16.3. The van der Waals surface area contributed by atoms with Crippen LogP contribution < -0.4 is 19.7 Å². The Hall–Kier alpha value is -2.60. The lowest BCUT2D eigenvalue weighted by molar-refractivity contribution is 0.194. The van der Waals surface area contributed by atoms with Gasteiger partial charge in [-0.15, -0.1) is 0 Å². The van der Waals surface area contributed by atoms with Gasteiger partial charge in [0, 0.05) is 49.5 Å². The number of nitrogens with one attached hydrogen (secondary N) is 1. The summed E-state index contributed by atoms with van der Waals surface area (Å²) in [5, 5.41) is 3.69. The number of ether oxygens (including phenoxy) is 2. The summed E-state index contributed by atoms with van der Waals surface area (Å²) in [6, 6.07) is 13.3. The molecule has 6 nitrogen and oxygen atoms in total. The van der Waals surface area contributed by atoms with Crippen LogP contribution in [0.15, 0.2) is 42.5 Å². The van der Waals surface area contributed by atoms with Crippen LogP contribution in [0.2, 0.25) is 5.02 Å². The van der Waals surface area contributed by atoms with Crippen molar-refractivity contribution in [3.63, 3.8) is 0 Å². The second-order valence-corrected chi connectivity index (χ2v) is 6.77. The van der Waals surface area contributed by atoms with Gasteiger partial charge in [0.05, 0.1) is 14.2 Å². The Morgan fingerprint density at radius 2 is 1.70 bits per heavy atom. The topological polar surface area (TPSA) is 54.0 Å². The van der Waals surface area contributed by atoms with Crippen LogP contribution in [-0.4, -0.2) is 51.3 Å². The molecule has 144 valence electrons. The van der Waals surface area contributed by atoms with E-state index in [4.69, 9.17) is 21.1 Å². The Bertz CT molecular complexity index is 770. The van der Waals surface area contributed by atoms with Crippen molar-refractivity contribution >= 4 is 23.3 Å². The highest BCUT2D eigenvalue weighted by atomic mass is 35.5. The minimum Gasteiger partial charge on any atom is -0.497 e. The van der Waals surface area contributed by atoms with Crippen LogP contribution >= 0.6 is 11.6 Å². The highest BCUT2D eigenvalue weighted by Gasteiger charge is 2.21. The largest absolute Gasteiger partial charge is 0.497 e. The lowest BCUT2D eigenvalue weighted by Crippen LogP contribution is -2.51. The van der Waals surface area contributed by atoms with Gasteiger partial charge in [-0.3, -0.25) is 0 Å². The van der Waals surface area contributed by atoms with Gasteiger partial charge in [0.15, 0.2) is 0 Å². The third-order valence-corrected chi connectivity index (χ3v) is 4.83. The van der Waals surface area contributed by atoms with Gasteiger partial charge >= 0.3 is 6.03 Å². The number of carbonyl (C=O) groups excluding carboxylic acids is 1. The Balaban J connectivity index is 1.53. The molecule has 1 heterocycles. The van der Waals surface area contributed by atoms with E-state index < -0.39 is 0 Å². The number of methoxy groups -OCH3 is 2. The Kier molecular flexibility index (Phi) is 6.29. The van der Waals surface area contributed by atoms with Crippen LogP contribution in [0.1, 0.15) is 5.56 Å². The smallest absolute Gasteiger partial charge is 0.317 e. The van der Waals surface area contributed by atoms with Crippen molar-refractivity contribution in [2.45, 2.75) is 6.54 Å². The maximum absolute atomic E-state index is 12.5. The number of urea groups is 1. The van der Waals surface area contributed by atoms with E-state index in [1.54, 1.807) is 20.3 Å². The average Bonchev–Trinajstić information content (AvgIpc) is 2.71. The fraction of sp³-hybridized carbons (Fsp3) is 0.350. The molecule has 2 aromatic rings. The van der Waals surface area contributed by atoms with Crippen molar-refractivity contribution in [1.29, 1.82) is 0 Å². The highest BCUT2D eigenvalue weighted by Crippen LogP contribution is 2.23. The number of halogens is 1. The SMILES string of the molecule is COc1cc(CNC(=O)N2CCN(c3cccc(Cl)c3)CC2)cc(OC)c1. The first kappa shape index (κ1) is 19.2. The molecule has 0 aliphatic carbocycles. The quantitative estimate of drug-likeness (QED) is 0.851. The molecule has 7 heteroatoms. The van der Waals surface area contributed by atoms with E-state index in [0.717, 1.165) is 29.4 Å². The Labute approximate surface area is 164 Å². The predicted molar refractivity (Wildman–Crippen MR) is 107 cm³/mol. The zero-order valence-electron chi connectivity index (χ0n) is 15.6. The molecule has 0 saturated carbocycles. The van der Waals surface area contributed by atoms with Gasteiger partial charge < -0.3 is 24.6 Å². The van der Waals surface area contributed by atoms with Gasteiger partial charge in [0.2, 0.25) is 0 Å². The van der Waals surface area contributed by atoms with Crippen molar-refractivity contribution in [3.05, 3.63) is 53.1 Å². The molecule has 0 bridgehead atoms. The molecule has 0 unspecified atom stereocenters. The Morgan fingerprint density at radius 1 is 1.04 bits per heavy atom. The van der Waals surface area contributed by atoms with E-state index in [1.807, 2.05) is 41.3 Å². The van der Waals surface area contributed by atoms with Crippen LogP contribution in [0.5, 0.6) is 11.5 Å². The third-order valence-electron chi connectivity index (χ3n) is 4.60. The summed E-state index contributed by atoms with van der Waals surface area (Å²) in [5.74, 6) is 1.41. The van der Waals surface area contributed by atoms with Crippen molar-refractivity contribution in [3.8, 4) is 11.5 Å². The molecule has 0 atom stereocenters. The van der Waals surface area contributed by atoms with Crippen molar-refractivity contribution in [2.75, 3.05) is 45.3 Å². The maximum atomic E-state index is 12.5. The molecule has 2 aromatic carbocycles. The number of amides is 2. The monoisotopic (exact) mass is 389 g/mol. The van der Waals surface area contributed by atoms with Gasteiger partial charge in [0.25, 0.3) is 0 Å². The molecule has 1 fully saturated rings. The zero-order chi connectivity index (χ0) is 19.2. The second kappa shape index (κ2) is 8.86. The second-order valence-electron chi connectivity index (χ2n) is 6.33. The number of carbonyl (C=O) groups is 1. The number of benzene rings is 2. The van der Waals surface area contributed by atoms with Crippen molar-refractivity contribution in [2.24, 2.45) is 0 Å². The van der Waals surface area contributed by atoms with Crippen LogP contribution in [-0.2, 0) is 6.54 Å². The third kappa shape index (κ3) is 4.98. The van der Waals surface area contributed by atoms with Gasteiger partial charge in [-0.1, -0.05) is 17.7 Å².